The Balaban J connectivity index is 3.08. The van der Waals surface area contributed by atoms with Gasteiger partial charge in [0.1, 0.15) is 6.10 Å². The van der Waals surface area contributed by atoms with Gasteiger partial charge in [-0.3, -0.25) is 4.98 Å². The van der Waals surface area contributed by atoms with Crippen molar-refractivity contribution in [3.63, 3.8) is 0 Å². The Bertz CT molecular complexity index is 326. The van der Waals surface area contributed by atoms with Crippen molar-refractivity contribution in [1.29, 1.82) is 0 Å². The first-order valence-corrected chi connectivity index (χ1v) is 5.75. The van der Waals surface area contributed by atoms with Crippen LogP contribution in [0, 0.1) is 6.92 Å². The van der Waals surface area contributed by atoms with Crippen LogP contribution in [0.15, 0.2) is 18.5 Å². The summed E-state index contributed by atoms with van der Waals surface area (Å²) >= 11 is 0. The highest BCUT2D eigenvalue weighted by Crippen LogP contribution is 2.35. The Hall–Kier alpha value is -0.930. The predicted molar refractivity (Wildman–Crippen MR) is 64.3 cm³/mol. The van der Waals surface area contributed by atoms with Crippen molar-refractivity contribution >= 4 is 0 Å². The Morgan fingerprint density at radius 2 is 2.06 bits per heavy atom. The minimum Gasteiger partial charge on any atom is -0.385 e. The van der Waals surface area contributed by atoms with Gasteiger partial charge in [0, 0.05) is 25.1 Å². The standard InChI is InChI=1S/C13H21NO2/c1-5-13(6-2,16-4)12(15)11-9-14-8-7-10(11)3/h7-9,12,15H,5-6H2,1-4H3. The van der Waals surface area contributed by atoms with E-state index in [2.05, 4.69) is 4.98 Å². The van der Waals surface area contributed by atoms with Crippen molar-refractivity contribution in [2.45, 2.75) is 45.3 Å². The highest BCUT2D eigenvalue weighted by molar-refractivity contribution is 5.26. The maximum absolute atomic E-state index is 10.4. The Kier molecular flexibility index (Phi) is 4.44. The molecule has 0 fully saturated rings. The molecule has 0 aliphatic carbocycles. The van der Waals surface area contributed by atoms with Gasteiger partial charge in [-0.15, -0.1) is 0 Å². The van der Waals surface area contributed by atoms with Crippen LogP contribution in [0.4, 0.5) is 0 Å². The maximum Gasteiger partial charge on any atom is 0.110 e. The quantitative estimate of drug-likeness (QED) is 0.834. The summed E-state index contributed by atoms with van der Waals surface area (Å²) in [6, 6.07) is 1.91. The van der Waals surface area contributed by atoms with E-state index in [-0.39, 0.29) is 0 Å². The molecule has 1 N–H and O–H groups in total. The van der Waals surface area contributed by atoms with Crippen LogP contribution in [-0.4, -0.2) is 22.8 Å². The molecule has 90 valence electrons. The lowest BCUT2D eigenvalue weighted by Crippen LogP contribution is -2.37. The Morgan fingerprint density at radius 3 is 2.50 bits per heavy atom. The van der Waals surface area contributed by atoms with Gasteiger partial charge >= 0.3 is 0 Å². The van der Waals surface area contributed by atoms with Gasteiger partial charge < -0.3 is 9.84 Å². The summed E-state index contributed by atoms with van der Waals surface area (Å²) in [5, 5.41) is 10.4. The van der Waals surface area contributed by atoms with Gasteiger partial charge in [0.05, 0.1) is 5.60 Å². The van der Waals surface area contributed by atoms with E-state index in [1.807, 2.05) is 26.8 Å². The molecular weight excluding hydrogens is 202 g/mol. The molecule has 0 spiro atoms. The maximum atomic E-state index is 10.4. The van der Waals surface area contributed by atoms with E-state index in [0.717, 1.165) is 24.0 Å². The van der Waals surface area contributed by atoms with Gasteiger partial charge in [-0.05, 0) is 31.4 Å². The lowest BCUT2D eigenvalue weighted by atomic mass is 9.85. The van der Waals surface area contributed by atoms with Gasteiger partial charge in [-0.25, -0.2) is 0 Å². The van der Waals surface area contributed by atoms with E-state index in [0.29, 0.717) is 0 Å². The van der Waals surface area contributed by atoms with Crippen molar-refractivity contribution in [2.24, 2.45) is 0 Å². The van der Waals surface area contributed by atoms with Crippen LogP contribution in [0.5, 0.6) is 0 Å². The molecule has 0 aromatic carbocycles. The highest BCUT2D eigenvalue weighted by atomic mass is 16.5. The first kappa shape index (κ1) is 13.1. The third-order valence-electron chi connectivity index (χ3n) is 3.48. The molecule has 1 rings (SSSR count). The molecule has 0 amide bonds. The number of aromatic nitrogens is 1. The van der Waals surface area contributed by atoms with Crippen LogP contribution < -0.4 is 0 Å². The molecule has 0 aliphatic heterocycles. The number of aliphatic hydroxyl groups excluding tert-OH is 1. The van der Waals surface area contributed by atoms with Crippen molar-refractivity contribution in [2.75, 3.05) is 7.11 Å². The molecule has 0 saturated heterocycles. The molecule has 0 saturated carbocycles. The Labute approximate surface area is 97.5 Å². The molecule has 0 aliphatic rings. The van der Waals surface area contributed by atoms with Crippen LogP contribution in [0.2, 0.25) is 0 Å². The average Bonchev–Trinajstić information content (AvgIpc) is 2.32. The van der Waals surface area contributed by atoms with E-state index in [1.165, 1.54) is 0 Å². The average molecular weight is 223 g/mol. The van der Waals surface area contributed by atoms with Crippen LogP contribution in [0.3, 0.4) is 0 Å². The zero-order valence-corrected chi connectivity index (χ0v) is 10.5. The van der Waals surface area contributed by atoms with E-state index in [4.69, 9.17) is 4.74 Å². The first-order chi connectivity index (χ1) is 7.61. The summed E-state index contributed by atoms with van der Waals surface area (Å²) in [6.45, 7) is 6.04. The molecule has 0 radical (unpaired) electrons. The normalized spacial score (nSPS) is 13.8. The van der Waals surface area contributed by atoms with Crippen LogP contribution in [-0.2, 0) is 4.74 Å². The van der Waals surface area contributed by atoms with Crippen molar-refractivity contribution in [3.8, 4) is 0 Å². The van der Waals surface area contributed by atoms with Gasteiger partial charge in [-0.1, -0.05) is 13.8 Å². The summed E-state index contributed by atoms with van der Waals surface area (Å²) < 4.78 is 5.53. The van der Waals surface area contributed by atoms with Crippen LogP contribution >= 0.6 is 0 Å². The molecular formula is C13H21NO2. The zero-order chi connectivity index (χ0) is 12.2. The minimum atomic E-state index is -0.624. The number of aliphatic hydroxyl groups is 1. The van der Waals surface area contributed by atoms with Gasteiger partial charge in [0.25, 0.3) is 0 Å². The summed E-state index contributed by atoms with van der Waals surface area (Å²) in [7, 11) is 1.65. The largest absolute Gasteiger partial charge is 0.385 e. The number of aryl methyl sites for hydroxylation is 1. The second-order valence-electron chi connectivity index (χ2n) is 4.11. The number of methoxy groups -OCH3 is 1. The lowest BCUT2D eigenvalue weighted by molar-refractivity contribution is -0.110. The first-order valence-electron chi connectivity index (χ1n) is 5.75. The number of nitrogens with zero attached hydrogens (tertiary/aromatic N) is 1. The van der Waals surface area contributed by atoms with Gasteiger partial charge in [0.15, 0.2) is 0 Å². The number of hydrogen-bond donors (Lipinski definition) is 1. The lowest BCUT2D eigenvalue weighted by Gasteiger charge is -2.35. The SMILES string of the molecule is CCC(CC)(OC)C(O)c1cnccc1C. The second kappa shape index (κ2) is 5.41. The zero-order valence-electron chi connectivity index (χ0n) is 10.5. The molecule has 1 aromatic heterocycles. The van der Waals surface area contributed by atoms with Gasteiger partial charge in [0.2, 0.25) is 0 Å². The topological polar surface area (TPSA) is 42.4 Å². The summed E-state index contributed by atoms with van der Waals surface area (Å²) in [4.78, 5) is 4.07. The number of hydrogen-bond acceptors (Lipinski definition) is 3. The summed E-state index contributed by atoms with van der Waals surface area (Å²) in [5.41, 5.74) is 1.40. The number of pyridine rings is 1. The fraction of sp³-hybridized carbons (Fsp3) is 0.615. The monoisotopic (exact) mass is 223 g/mol. The van der Waals surface area contributed by atoms with Gasteiger partial charge in [-0.2, -0.15) is 0 Å². The van der Waals surface area contributed by atoms with E-state index >= 15 is 0 Å². The van der Waals surface area contributed by atoms with E-state index in [9.17, 15) is 5.11 Å². The van der Waals surface area contributed by atoms with Crippen molar-refractivity contribution < 1.29 is 9.84 Å². The molecule has 3 nitrogen and oxygen atoms in total. The molecule has 0 bridgehead atoms. The molecule has 1 atom stereocenters. The molecule has 3 heteroatoms. The fourth-order valence-corrected chi connectivity index (χ4v) is 2.08. The molecule has 1 heterocycles. The Morgan fingerprint density at radius 1 is 1.44 bits per heavy atom. The smallest absolute Gasteiger partial charge is 0.110 e. The third-order valence-corrected chi connectivity index (χ3v) is 3.48. The van der Waals surface area contributed by atoms with E-state index in [1.54, 1.807) is 19.5 Å². The van der Waals surface area contributed by atoms with Crippen molar-refractivity contribution in [1.82, 2.24) is 4.98 Å². The van der Waals surface area contributed by atoms with E-state index < -0.39 is 11.7 Å². The molecule has 1 unspecified atom stereocenters. The van der Waals surface area contributed by atoms with Crippen LogP contribution in [0.25, 0.3) is 0 Å². The minimum absolute atomic E-state index is 0.506. The number of ether oxygens (including phenoxy) is 1. The fourth-order valence-electron chi connectivity index (χ4n) is 2.08. The third kappa shape index (κ3) is 2.25. The summed E-state index contributed by atoms with van der Waals surface area (Å²) in [6.07, 6.45) is 4.38. The highest BCUT2D eigenvalue weighted by Gasteiger charge is 2.36. The summed E-state index contributed by atoms with van der Waals surface area (Å²) in [5.74, 6) is 0. The number of rotatable bonds is 5. The second-order valence-corrected chi connectivity index (χ2v) is 4.11. The van der Waals surface area contributed by atoms with Crippen LogP contribution in [0.1, 0.15) is 43.9 Å². The van der Waals surface area contributed by atoms with Crippen molar-refractivity contribution in [3.05, 3.63) is 29.6 Å². The molecule has 16 heavy (non-hydrogen) atoms. The predicted octanol–water partition coefficient (Wildman–Crippen LogP) is 2.63. The molecule has 1 aromatic rings.